The second-order valence-electron chi connectivity index (χ2n) is 9.24. The third-order valence-electron chi connectivity index (χ3n) is 6.25. The van der Waals surface area contributed by atoms with E-state index < -0.39 is 23.8 Å². The number of carbonyl (C=O) groups is 4. The molecule has 4 rings (SSSR count). The van der Waals surface area contributed by atoms with Crippen LogP contribution in [0.25, 0.3) is 0 Å². The van der Waals surface area contributed by atoms with Crippen LogP contribution in [-0.4, -0.2) is 43.7 Å². The number of carbonyl (C=O) groups excluding carboxylic acids is 4. The average Bonchev–Trinajstić information content (AvgIpc) is 3.30. The maximum atomic E-state index is 12.7. The van der Waals surface area contributed by atoms with Crippen LogP contribution in [0.2, 0.25) is 0 Å². The first kappa shape index (κ1) is 29.9. The molecule has 0 radical (unpaired) electrons. The quantitative estimate of drug-likeness (QED) is 0.115. The van der Waals surface area contributed by atoms with Gasteiger partial charge in [0.25, 0.3) is 0 Å². The number of halogens is 1. The summed E-state index contributed by atoms with van der Waals surface area (Å²) in [5, 5.41) is 6.70. The molecule has 2 aromatic carbocycles. The lowest BCUT2D eigenvalue weighted by Gasteiger charge is -2.18. The van der Waals surface area contributed by atoms with Gasteiger partial charge in [0.1, 0.15) is 5.00 Å². The molecule has 0 saturated carbocycles. The number of hydrogen-bond acceptors (Lipinski definition) is 9. The molecule has 1 atom stereocenters. The van der Waals surface area contributed by atoms with Gasteiger partial charge >= 0.3 is 23.8 Å². The van der Waals surface area contributed by atoms with E-state index in [1.807, 2.05) is 0 Å². The number of anilines is 1. The van der Waals surface area contributed by atoms with Crippen LogP contribution >= 0.6 is 27.3 Å². The lowest BCUT2D eigenvalue weighted by Crippen LogP contribution is -2.32. The third-order valence-corrected chi connectivity index (χ3v) is 7.92. The number of hydrogen-bond donors (Lipinski definition) is 2. The van der Waals surface area contributed by atoms with Crippen molar-refractivity contribution in [3.05, 3.63) is 74.1 Å². The van der Waals surface area contributed by atoms with E-state index in [1.54, 1.807) is 43.3 Å². The summed E-state index contributed by atoms with van der Waals surface area (Å²) in [5.74, 6) is -2.13. The molecular formula is C29H28BrN3O7S. The fraction of sp³-hybridized carbons (Fsp3) is 0.276. The highest BCUT2D eigenvalue weighted by atomic mass is 79.9. The minimum absolute atomic E-state index is 0.196. The summed E-state index contributed by atoms with van der Waals surface area (Å²) in [7, 11) is 1.42. The van der Waals surface area contributed by atoms with Gasteiger partial charge in [-0.25, -0.2) is 15.0 Å². The zero-order chi connectivity index (χ0) is 29.5. The predicted octanol–water partition coefficient (Wildman–Crippen LogP) is 5.13. The van der Waals surface area contributed by atoms with Crippen LogP contribution in [0.5, 0.6) is 11.5 Å². The summed E-state index contributed by atoms with van der Waals surface area (Å²) in [6, 6.07) is 11.5. The van der Waals surface area contributed by atoms with Crippen LogP contribution in [0.4, 0.5) is 5.00 Å². The molecule has 214 valence electrons. The van der Waals surface area contributed by atoms with Crippen molar-refractivity contribution in [2.75, 3.05) is 19.0 Å². The highest BCUT2D eigenvalue weighted by Gasteiger charge is 2.30. The van der Waals surface area contributed by atoms with E-state index in [-0.39, 0.29) is 18.1 Å². The van der Waals surface area contributed by atoms with Crippen molar-refractivity contribution in [3.63, 3.8) is 0 Å². The van der Waals surface area contributed by atoms with Crippen LogP contribution < -0.4 is 20.2 Å². The summed E-state index contributed by atoms with van der Waals surface area (Å²) in [4.78, 5) is 51.3. The summed E-state index contributed by atoms with van der Waals surface area (Å²) in [6.07, 6.45) is 3.74. The Morgan fingerprint density at radius 1 is 1.10 bits per heavy atom. The maximum absolute atomic E-state index is 12.7. The summed E-state index contributed by atoms with van der Waals surface area (Å²) < 4.78 is 16.7. The summed E-state index contributed by atoms with van der Waals surface area (Å²) in [6.45, 7) is 4.04. The molecular weight excluding hydrogens is 614 g/mol. The van der Waals surface area contributed by atoms with E-state index in [0.29, 0.717) is 34.0 Å². The number of nitrogens with one attached hydrogen (secondary N) is 2. The predicted molar refractivity (Wildman–Crippen MR) is 158 cm³/mol. The Morgan fingerprint density at radius 2 is 1.90 bits per heavy atom. The average molecular weight is 643 g/mol. The smallest absolute Gasteiger partial charge is 0.343 e. The Bertz CT molecular complexity index is 1520. The van der Waals surface area contributed by atoms with E-state index in [0.717, 1.165) is 27.8 Å². The molecule has 0 saturated heterocycles. The fourth-order valence-corrected chi connectivity index (χ4v) is 6.05. The first-order valence-corrected chi connectivity index (χ1v) is 14.4. The van der Waals surface area contributed by atoms with Gasteiger partial charge in [0.2, 0.25) is 0 Å². The van der Waals surface area contributed by atoms with Crippen molar-refractivity contribution >= 4 is 62.2 Å². The van der Waals surface area contributed by atoms with Gasteiger partial charge in [0.15, 0.2) is 11.5 Å². The van der Waals surface area contributed by atoms with Gasteiger partial charge in [0.05, 0.1) is 31.1 Å². The van der Waals surface area contributed by atoms with Crippen molar-refractivity contribution < 1.29 is 33.4 Å². The van der Waals surface area contributed by atoms with E-state index in [2.05, 4.69) is 38.7 Å². The number of hydrazone groups is 1. The molecule has 1 heterocycles. The number of esters is 2. The van der Waals surface area contributed by atoms with Gasteiger partial charge in [0, 0.05) is 9.35 Å². The molecule has 1 aliphatic rings. The number of methoxy groups -OCH3 is 1. The van der Waals surface area contributed by atoms with E-state index in [9.17, 15) is 19.2 Å². The zero-order valence-electron chi connectivity index (χ0n) is 22.6. The van der Waals surface area contributed by atoms with Crippen LogP contribution in [-0.2, 0) is 27.2 Å². The minimum Gasteiger partial charge on any atom is -0.493 e. The van der Waals surface area contributed by atoms with Gasteiger partial charge in [-0.3, -0.25) is 9.59 Å². The number of benzene rings is 2. The molecule has 0 bridgehead atoms. The molecule has 41 heavy (non-hydrogen) atoms. The standard InChI is InChI=1S/C29H28BrN3O7S/c1-4-39-29(37)24-20-10-8-16(2)12-23(20)41-27(24)32-25(34)26(35)33-31-15-17-9-11-21(22(13-17)38-3)40-28(36)18-6-5-7-19(30)14-18/h5-7,9,11,13-16H,4,8,10,12H2,1-3H3,(H,32,34)(H,33,35). The maximum Gasteiger partial charge on any atom is 0.343 e. The lowest BCUT2D eigenvalue weighted by atomic mass is 9.88. The molecule has 0 aliphatic heterocycles. The number of rotatable bonds is 8. The van der Waals surface area contributed by atoms with E-state index in [1.165, 1.54) is 30.7 Å². The minimum atomic E-state index is -1.01. The van der Waals surface area contributed by atoms with Crippen LogP contribution in [0, 0.1) is 5.92 Å². The highest BCUT2D eigenvalue weighted by molar-refractivity contribution is 9.10. The second kappa shape index (κ2) is 13.6. The molecule has 0 fully saturated rings. The molecule has 10 nitrogen and oxygen atoms in total. The highest BCUT2D eigenvalue weighted by Crippen LogP contribution is 2.40. The largest absolute Gasteiger partial charge is 0.493 e. The second-order valence-corrected chi connectivity index (χ2v) is 11.3. The molecule has 12 heteroatoms. The van der Waals surface area contributed by atoms with Crippen molar-refractivity contribution in [1.29, 1.82) is 0 Å². The van der Waals surface area contributed by atoms with Crippen molar-refractivity contribution in [2.24, 2.45) is 11.0 Å². The monoisotopic (exact) mass is 641 g/mol. The Morgan fingerprint density at radius 3 is 2.63 bits per heavy atom. The third kappa shape index (κ3) is 7.39. The number of amides is 2. The number of ether oxygens (including phenoxy) is 3. The summed E-state index contributed by atoms with van der Waals surface area (Å²) in [5.41, 5.74) is 4.24. The van der Waals surface area contributed by atoms with Gasteiger partial charge in [-0.2, -0.15) is 5.10 Å². The Kier molecular flexibility index (Phi) is 9.90. The van der Waals surface area contributed by atoms with Crippen LogP contribution in [0.15, 0.2) is 52.0 Å². The number of nitrogens with zero attached hydrogens (tertiary/aromatic N) is 1. The Hall–Kier alpha value is -4.03. The molecule has 2 N–H and O–H groups in total. The first-order valence-electron chi connectivity index (χ1n) is 12.8. The molecule has 1 unspecified atom stereocenters. The number of thiophene rings is 1. The summed E-state index contributed by atoms with van der Waals surface area (Å²) >= 11 is 4.61. The van der Waals surface area contributed by atoms with Crippen molar-refractivity contribution in [3.8, 4) is 11.5 Å². The van der Waals surface area contributed by atoms with Gasteiger partial charge < -0.3 is 19.5 Å². The van der Waals surface area contributed by atoms with Crippen LogP contribution in [0.1, 0.15) is 57.0 Å². The lowest BCUT2D eigenvalue weighted by molar-refractivity contribution is -0.136. The SMILES string of the molecule is CCOC(=O)c1c(NC(=O)C(=O)NN=Cc2ccc(OC(=O)c3cccc(Br)c3)c(OC)c2)sc2c1CCC(C)C2. The van der Waals surface area contributed by atoms with Gasteiger partial charge in [-0.15, -0.1) is 11.3 Å². The normalized spacial score (nSPS) is 14.2. The molecule has 1 aliphatic carbocycles. The van der Waals surface area contributed by atoms with E-state index >= 15 is 0 Å². The number of fused-ring (bicyclic) bond motifs is 1. The Balaban J connectivity index is 1.40. The van der Waals surface area contributed by atoms with E-state index in [4.69, 9.17) is 14.2 Å². The molecule has 3 aromatic rings. The van der Waals surface area contributed by atoms with Gasteiger partial charge in [-0.05, 0) is 79.6 Å². The molecule has 0 spiro atoms. The van der Waals surface area contributed by atoms with Gasteiger partial charge in [-0.1, -0.05) is 28.9 Å². The van der Waals surface area contributed by atoms with Crippen molar-refractivity contribution in [2.45, 2.75) is 33.1 Å². The zero-order valence-corrected chi connectivity index (χ0v) is 25.0. The topological polar surface area (TPSA) is 132 Å². The first-order chi connectivity index (χ1) is 19.7. The Labute approximate surface area is 249 Å². The fourth-order valence-electron chi connectivity index (χ4n) is 4.26. The van der Waals surface area contributed by atoms with Crippen molar-refractivity contribution in [1.82, 2.24) is 5.43 Å². The molecule has 1 aromatic heterocycles. The van der Waals surface area contributed by atoms with Crippen LogP contribution in [0.3, 0.4) is 0 Å². The molecule has 2 amide bonds.